The summed E-state index contributed by atoms with van der Waals surface area (Å²) in [6.45, 7) is 3.01. The average Bonchev–Trinajstić information content (AvgIpc) is 2.39. The van der Waals surface area contributed by atoms with Crippen LogP contribution in [0, 0.1) is 0 Å². The fourth-order valence-electron chi connectivity index (χ4n) is 1.56. The molecule has 1 N–H and O–H groups in total. The number of thioether (sulfide) groups is 1. The molecule has 0 saturated heterocycles. The van der Waals surface area contributed by atoms with Crippen LogP contribution in [-0.2, 0) is 17.2 Å². The van der Waals surface area contributed by atoms with E-state index < -0.39 is 10.8 Å². The third kappa shape index (κ3) is 7.70. The molecule has 2 nitrogen and oxygen atoms in total. The molecule has 1 aromatic carbocycles. The maximum Gasteiger partial charge on any atom is 0.138 e. The first-order valence-corrected chi connectivity index (χ1v) is 9.41. The highest BCUT2D eigenvalue weighted by molar-refractivity contribution is 8.23. The fraction of sp³-hybridized carbons (Fsp3) is 0.500. The van der Waals surface area contributed by atoms with Crippen molar-refractivity contribution >= 4 is 39.1 Å². The Morgan fingerprint density at radius 2 is 2.00 bits per heavy atom. The summed E-state index contributed by atoms with van der Waals surface area (Å²) in [5.41, 5.74) is 1.34. The standard InChI is InChI=1S/C14H21NOS3/c1-3-12-6-8-13(9-7-12)18-14(17)15-10-4-5-11-19(2)16/h6-9H,3-5,10-11H2,1-2H3,(H,15,17). The van der Waals surface area contributed by atoms with Crippen molar-refractivity contribution in [2.75, 3.05) is 18.6 Å². The van der Waals surface area contributed by atoms with E-state index in [9.17, 15) is 4.21 Å². The van der Waals surface area contributed by atoms with Crippen LogP contribution in [0.1, 0.15) is 25.3 Å². The molecule has 0 bridgehead atoms. The minimum Gasteiger partial charge on any atom is -0.371 e. The monoisotopic (exact) mass is 315 g/mol. The molecule has 0 aliphatic rings. The zero-order valence-electron chi connectivity index (χ0n) is 11.5. The minimum absolute atomic E-state index is 0.680. The number of hydrogen-bond acceptors (Lipinski definition) is 3. The smallest absolute Gasteiger partial charge is 0.138 e. The molecule has 1 unspecified atom stereocenters. The predicted octanol–water partition coefficient (Wildman–Crippen LogP) is 3.37. The van der Waals surface area contributed by atoms with Crippen molar-refractivity contribution in [1.29, 1.82) is 0 Å². The largest absolute Gasteiger partial charge is 0.371 e. The van der Waals surface area contributed by atoms with Crippen molar-refractivity contribution in [1.82, 2.24) is 5.32 Å². The molecule has 0 aliphatic carbocycles. The van der Waals surface area contributed by atoms with Crippen LogP contribution < -0.4 is 5.32 Å². The van der Waals surface area contributed by atoms with E-state index in [-0.39, 0.29) is 0 Å². The first kappa shape index (κ1) is 16.7. The van der Waals surface area contributed by atoms with Gasteiger partial charge in [0.05, 0.1) is 0 Å². The Bertz CT molecular complexity index is 417. The third-order valence-electron chi connectivity index (χ3n) is 2.67. The van der Waals surface area contributed by atoms with Gasteiger partial charge >= 0.3 is 0 Å². The second-order valence-electron chi connectivity index (χ2n) is 4.30. The molecule has 0 aromatic heterocycles. The van der Waals surface area contributed by atoms with Gasteiger partial charge in [-0.1, -0.05) is 43.0 Å². The van der Waals surface area contributed by atoms with Crippen molar-refractivity contribution in [3.63, 3.8) is 0 Å². The van der Waals surface area contributed by atoms with Gasteiger partial charge in [-0.2, -0.15) is 0 Å². The highest BCUT2D eigenvalue weighted by Gasteiger charge is 2.00. The van der Waals surface area contributed by atoms with E-state index in [1.165, 1.54) is 10.5 Å². The minimum atomic E-state index is -0.680. The summed E-state index contributed by atoms with van der Waals surface area (Å²) in [6, 6.07) is 8.50. The first-order chi connectivity index (χ1) is 9.11. The summed E-state index contributed by atoms with van der Waals surface area (Å²) in [6.07, 6.45) is 4.80. The van der Waals surface area contributed by atoms with Gasteiger partial charge in [-0.25, -0.2) is 0 Å². The lowest BCUT2D eigenvalue weighted by molar-refractivity contribution is 0.680. The third-order valence-corrected chi connectivity index (χ3v) is 4.77. The molecule has 0 heterocycles. The molecule has 0 fully saturated rings. The van der Waals surface area contributed by atoms with Crippen LogP contribution in [0.3, 0.4) is 0 Å². The Labute approximate surface area is 128 Å². The van der Waals surface area contributed by atoms with E-state index >= 15 is 0 Å². The number of nitrogens with one attached hydrogen (secondary N) is 1. The number of rotatable bonds is 7. The van der Waals surface area contributed by atoms with Crippen LogP contribution in [0.25, 0.3) is 0 Å². The maximum absolute atomic E-state index is 10.9. The molecular weight excluding hydrogens is 294 g/mol. The van der Waals surface area contributed by atoms with Crippen LogP contribution >= 0.6 is 24.0 Å². The summed E-state index contributed by atoms with van der Waals surface area (Å²) in [4.78, 5) is 1.17. The highest BCUT2D eigenvalue weighted by Crippen LogP contribution is 2.19. The quantitative estimate of drug-likeness (QED) is 0.474. The Morgan fingerprint density at radius 3 is 2.58 bits per heavy atom. The molecule has 0 amide bonds. The van der Waals surface area contributed by atoms with Crippen molar-refractivity contribution < 1.29 is 4.21 Å². The molecule has 106 valence electrons. The second-order valence-corrected chi connectivity index (χ2v) is 7.60. The van der Waals surface area contributed by atoms with Gasteiger partial charge in [0.15, 0.2) is 0 Å². The Balaban J connectivity index is 2.21. The van der Waals surface area contributed by atoms with Crippen LogP contribution in [0.5, 0.6) is 0 Å². The normalized spacial score (nSPS) is 12.1. The van der Waals surface area contributed by atoms with Gasteiger partial charge < -0.3 is 5.32 Å². The topological polar surface area (TPSA) is 29.1 Å². The second kappa shape index (κ2) is 9.50. The van der Waals surface area contributed by atoms with Gasteiger partial charge in [0.25, 0.3) is 0 Å². The van der Waals surface area contributed by atoms with Crippen LogP contribution in [-0.4, -0.2) is 27.1 Å². The summed E-state index contributed by atoms with van der Waals surface area (Å²) < 4.78 is 11.7. The van der Waals surface area contributed by atoms with E-state index in [0.29, 0.717) is 0 Å². The van der Waals surface area contributed by atoms with Gasteiger partial charge in [-0.15, -0.1) is 0 Å². The molecule has 5 heteroatoms. The lowest BCUT2D eigenvalue weighted by Gasteiger charge is -2.07. The molecule has 1 atom stereocenters. The lowest BCUT2D eigenvalue weighted by Crippen LogP contribution is -2.19. The van der Waals surface area contributed by atoms with E-state index in [1.807, 2.05) is 0 Å². The van der Waals surface area contributed by atoms with Crippen molar-refractivity contribution in [2.45, 2.75) is 31.1 Å². The first-order valence-electron chi connectivity index (χ1n) is 6.46. The molecular formula is C14H21NOS3. The highest BCUT2D eigenvalue weighted by atomic mass is 32.2. The maximum atomic E-state index is 10.9. The van der Waals surface area contributed by atoms with Crippen molar-refractivity contribution in [3.05, 3.63) is 29.8 Å². The molecule has 1 rings (SSSR count). The average molecular weight is 316 g/mol. The van der Waals surface area contributed by atoms with Crippen LogP contribution in [0.4, 0.5) is 0 Å². The number of aryl methyl sites for hydroxylation is 1. The predicted molar refractivity (Wildman–Crippen MR) is 90.4 cm³/mol. The SMILES string of the molecule is CCc1ccc(SC(=S)NCCCCS(C)=O)cc1. The number of unbranched alkanes of at least 4 members (excludes halogenated alkanes) is 1. The van der Waals surface area contributed by atoms with Gasteiger partial charge in [0, 0.05) is 34.2 Å². The molecule has 0 aliphatic heterocycles. The Kier molecular flexibility index (Phi) is 8.34. The molecule has 0 saturated carbocycles. The molecule has 19 heavy (non-hydrogen) atoms. The van der Waals surface area contributed by atoms with E-state index in [2.05, 4.69) is 36.5 Å². The Morgan fingerprint density at radius 1 is 1.32 bits per heavy atom. The lowest BCUT2D eigenvalue weighted by atomic mass is 10.2. The fourth-order valence-corrected chi connectivity index (χ4v) is 3.22. The molecule has 0 spiro atoms. The van der Waals surface area contributed by atoms with Gasteiger partial charge in [0.2, 0.25) is 0 Å². The summed E-state index contributed by atoms with van der Waals surface area (Å²) in [7, 11) is -0.680. The Hall–Kier alpha value is -0.390. The zero-order valence-corrected chi connectivity index (χ0v) is 13.9. The number of thiocarbonyl (C=S) groups is 1. The van der Waals surface area contributed by atoms with Crippen LogP contribution in [0.2, 0.25) is 0 Å². The summed E-state index contributed by atoms with van der Waals surface area (Å²) in [5.74, 6) is 0.778. The van der Waals surface area contributed by atoms with E-state index in [0.717, 1.165) is 35.9 Å². The molecule has 1 aromatic rings. The van der Waals surface area contributed by atoms with Crippen molar-refractivity contribution in [3.8, 4) is 0 Å². The van der Waals surface area contributed by atoms with E-state index in [1.54, 1.807) is 18.0 Å². The van der Waals surface area contributed by atoms with Gasteiger partial charge in [0.1, 0.15) is 4.32 Å². The van der Waals surface area contributed by atoms with Crippen molar-refractivity contribution in [2.24, 2.45) is 0 Å². The number of hydrogen-bond donors (Lipinski definition) is 1. The molecule has 0 radical (unpaired) electrons. The van der Waals surface area contributed by atoms with Gasteiger partial charge in [-0.3, -0.25) is 4.21 Å². The summed E-state index contributed by atoms with van der Waals surface area (Å²) in [5, 5.41) is 3.23. The summed E-state index contributed by atoms with van der Waals surface area (Å²) >= 11 is 6.88. The zero-order chi connectivity index (χ0) is 14.1. The van der Waals surface area contributed by atoms with E-state index in [4.69, 9.17) is 12.2 Å². The van der Waals surface area contributed by atoms with Crippen LogP contribution in [0.15, 0.2) is 29.2 Å². The van der Waals surface area contributed by atoms with Gasteiger partial charge in [-0.05, 0) is 37.0 Å². The number of benzene rings is 1.